The Morgan fingerprint density at radius 3 is 2.81 bits per heavy atom. The molecular formula is C13H13ClN4O3. The summed E-state index contributed by atoms with van der Waals surface area (Å²) in [7, 11) is 0. The van der Waals surface area contributed by atoms with Crippen molar-refractivity contribution in [1.29, 1.82) is 0 Å². The maximum Gasteiger partial charge on any atom is 0.358 e. The van der Waals surface area contributed by atoms with Gasteiger partial charge >= 0.3 is 5.97 Å². The monoisotopic (exact) mass is 308 g/mol. The van der Waals surface area contributed by atoms with Gasteiger partial charge in [-0.2, -0.15) is 0 Å². The van der Waals surface area contributed by atoms with Crippen molar-refractivity contribution in [2.45, 2.75) is 19.9 Å². The van der Waals surface area contributed by atoms with Crippen molar-refractivity contribution in [1.82, 2.24) is 15.0 Å². The highest BCUT2D eigenvalue weighted by Gasteiger charge is 2.15. The molecule has 0 aliphatic rings. The van der Waals surface area contributed by atoms with Crippen LogP contribution in [0.3, 0.4) is 0 Å². The molecule has 0 saturated carbocycles. The minimum Gasteiger partial charge on any atom is -0.476 e. The van der Waals surface area contributed by atoms with Crippen molar-refractivity contribution >= 4 is 29.2 Å². The molecule has 0 aliphatic heterocycles. The van der Waals surface area contributed by atoms with E-state index in [1.165, 1.54) is 4.68 Å². The minimum absolute atomic E-state index is 0.106. The van der Waals surface area contributed by atoms with E-state index in [1.807, 2.05) is 0 Å². The number of carbonyl (C=O) groups is 2. The van der Waals surface area contributed by atoms with Gasteiger partial charge in [-0.15, -0.1) is 5.10 Å². The Morgan fingerprint density at radius 1 is 1.43 bits per heavy atom. The van der Waals surface area contributed by atoms with Crippen LogP contribution >= 0.6 is 11.6 Å². The number of carboxylic acids is 1. The van der Waals surface area contributed by atoms with Crippen LogP contribution in [0, 0.1) is 6.92 Å². The van der Waals surface area contributed by atoms with Gasteiger partial charge in [-0.05, 0) is 25.1 Å². The van der Waals surface area contributed by atoms with E-state index < -0.39 is 5.97 Å². The van der Waals surface area contributed by atoms with Crippen molar-refractivity contribution in [3.05, 3.63) is 40.7 Å². The molecule has 21 heavy (non-hydrogen) atoms. The lowest BCUT2D eigenvalue weighted by atomic mass is 10.3. The van der Waals surface area contributed by atoms with Crippen molar-refractivity contribution in [3.8, 4) is 0 Å². The van der Waals surface area contributed by atoms with Crippen LogP contribution in [0.4, 0.5) is 5.69 Å². The van der Waals surface area contributed by atoms with Crippen molar-refractivity contribution < 1.29 is 14.7 Å². The van der Waals surface area contributed by atoms with Gasteiger partial charge < -0.3 is 10.4 Å². The lowest BCUT2D eigenvalue weighted by molar-refractivity contribution is -0.116. The lowest BCUT2D eigenvalue weighted by Gasteiger charge is -2.06. The summed E-state index contributed by atoms with van der Waals surface area (Å²) < 4.78 is 1.39. The Kier molecular flexibility index (Phi) is 4.54. The number of anilines is 1. The molecule has 0 radical (unpaired) electrons. The number of aryl methyl sites for hydroxylation is 1. The Hall–Kier alpha value is -2.41. The number of benzene rings is 1. The highest BCUT2D eigenvalue weighted by molar-refractivity contribution is 6.30. The van der Waals surface area contributed by atoms with Gasteiger partial charge in [0.15, 0.2) is 5.69 Å². The smallest absolute Gasteiger partial charge is 0.358 e. The molecule has 2 aromatic rings. The fourth-order valence-corrected chi connectivity index (χ4v) is 1.96. The first kappa shape index (κ1) is 15.0. The zero-order chi connectivity index (χ0) is 15.4. The number of nitrogens with one attached hydrogen (secondary N) is 1. The van der Waals surface area contributed by atoms with E-state index in [4.69, 9.17) is 16.7 Å². The molecule has 0 aliphatic carbocycles. The zero-order valence-corrected chi connectivity index (χ0v) is 12.0. The standard InChI is InChI=1S/C13H13ClN4O3/c1-8-12(13(20)21)16-17-18(8)6-5-11(19)15-10-4-2-3-9(14)7-10/h2-4,7H,5-6H2,1H3,(H,15,19)(H,20,21). The number of nitrogens with zero attached hydrogens (tertiary/aromatic N) is 3. The van der Waals surface area contributed by atoms with Gasteiger partial charge in [-0.1, -0.05) is 22.9 Å². The highest BCUT2D eigenvalue weighted by Crippen LogP contribution is 2.15. The zero-order valence-electron chi connectivity index (χ0n) is 11.2. The predicted octanol–water partition coefficient (Wildman–Crippen LogP) is 1.97. The molecule has 0 unspecified atom stereocenters. The maximum atomic E-state index is 11.8. The number of hydrogen-bond donors (Lipinski definition) is 2. The molecule has 1 heterocycles. The topological polar surface area (TPSA) is 97.1 Å². The molecule has 0 spiro atoms. The Balaban J connectivity index is 1.94. The lowest BCUT2D eigenvalue weighted by Crippen LogP contribution is -2.15. The van der Waals surface area contributed by atoms with E-state index in [1.54, 1.807) is 31.2 Å². The number of carboxylic acid groups (broad SMARTS) is 1. The van der Waals surface area contributed by atoms with Crippen LogP contribution in [-0.4, -0.2) is 32.0 Å². The third-order valence-corrected chi connectivity index (χ3v) is 3.08. The van der Waals surface area contributed by atoms with Gasteiger partial charge in [-0.25, -0.2) is 9.48 Å². The van der Waals surface area contributed by atoms with Crippen LogP contribution < -0.4 is 5.32 Å². The van der Waals surface area contributed by atoms with E-state index in [2.05, 4.69) is 15.6 Å². The molecular weight excluding hydrogens is 296 g/mol. The third-order valence-electron chi connectivity index (χ3n) is 2.84. The number of amides is 1. The average molecular weight is 309 g/mol. The van der Waals surface area contributed by atoms with Gasteiger partial charge in [0, 0.05) is 17.1 Å². The quantitative estimate of drug-likeness (QED) is 0.880. The molecule has 2 rings (SSSR count). The number of aromatic nitrogens is 3. The number of halogens is 1. The van der Waals surface area contributed by atoms with Gasteiger partial charge in [0.2, 0.25) is 5.91 Å². The van der Waals surface area contributed by atoms with Gasteiger partial charge in [0.25, 0.3) is 0 Å². The van der Waals surface area contributed by atoms with E-state index in [0.717, 1.165) is 0 Å². The second-order valence-corrected chi connectivity index (χ2v) is 4.80. The molecule has 0 saturated heterocycles. The van der Waals surface area contributed by atoms with Gasteiger partial charge in [-0.3, -0.25) is 4.79 Å². The Labute approximate surface area is 125 Å². The summed E-state index contributed by atoms with van der Waals surface area (Å²) in [4.78, 5) is 22.7. The van der Waals surface area contributed by atoms with E-state index in [-0.39, 0.29) is 24.6 Å². The van der Waals surface area contributed by atoms with Crippen molar-refractivity contribution in [3.63, 3.8) is 0 Å². The fourth-order valence-electron chi connectivity index (χ4n) is 1.77. The maximum absolute atomic E-state index is 11.8. The summed E-state index contributed by atoms with van der Waals surface area (Å²) in [6.45, 7) is 1.84. The Bertz CT molecular complexity index is 684. The summed E-state index contributed by atoms with van der Waals surface area (Å²) in [5, 5.41) is 19.4. The summed E-state index contributed by atoms with van der Waals surface area (Å²) in [5.41, 5.74) is 0.914. The largest absolute Gasteiger partial charge is 0.476 e. The predicted molar refractivity (Wildman–Crippen MR) is 76.4 cm³/mol. The molecule has 2 N–H and O–H groups in total. The molecule has 0 bridgehead atoms. The van der Waals surface area contributed by atoms with E-state index >= 15 is 0 Å². The Morgan fingerprint density at radius 2 is 2.19 bits per heavy atom. The molecule has 1 aromatic heterocycles. The fraction of sp³-hybridized carbons (Fsp3) is 0.231. The van der Waals surface area contributed by atoms with Gasteiger partial charge in [0.05, 0.1) is 12.2 Å². The second kappa shape index (κ2) is 6.36. The van der Waals surface area contributed by atoms with Crippen LogP contribution in [-0.2, 0) is 11.3 Å². The first-order valence-corrected chi connectivity index (χ1v) is 6.54. The van der Waals surface area contributed by atoms with Crippen LogP contribution in [0.2, 0.25) is 5.02 Å². The molecule has 0 atom stereocenters. The average Bonchev–Trinajstić information content (AvgIpc) is 2.78. The third kappa shape index (κ3) is 3.79. The van der Waals surface area contributed by atoms with E-state index in [9.17, 15) is 9.59 Å². The SMILES string of the molecule is Cc1c(C(=O)O)nnn1CCC(=O)Nc1cccc(Cl)c1. The normalized spacial score (nSPS) is 10.4. The summed E-state index contributed by atoms with van der Waals surface area (Å²) in [5.74, 6) is -1.36. The number of aromatic carboxylic acids is 1. The molecule has 0 fully saturated rings. The highest BCUT2D eigenvalue weighted by atomic mass is 35.5. The summed E-state index contributed by atoms with van der Waals surface area (Å²) in [6.07, 6.45) is 0.149. The molecule has 1 aromatic carbocycles. The first-order chi connectivity index (χ1) is 9.97. The van der Waals surface area contributed by atoms with Crippen molar-refractivity contribution in [2.75, 3.05) is 5.32 Å². The minimum atomic E-state index is -1.14. The van der Waals surface area contributed by atoms with Crippen molar-refractivity contribution in [2.24, 2.45) is 0 Å². The molecule has 7 nitrogen and oxygen atoms in total. The van der Waals surface area contributed by atoms with Crippen LogP contribution in [0.15, 0.2) is 24.3 Å². The summed E-state index contributed by atoms with van der Waals surface area (Å²) >= 11 is 5.83. The van der Waals surface area contributed by atoms with Crippen LogP contribution in [0.25, 0.3) is 0 Å². The first-order valence-electron chi connectivity index (χ1n) is 6.16. The summed E-state index contributed by atoms with van der Waals surface area (Å²) in [6, 6.07) is 6.82. The molecule has 1 amide bonds. The molecule has 8 heteroatoms. The number of carbonyl (C=O) groups excluding carboxylic acids is 1. The number of rotatable bonds is 5. The van der Waals surface area contributed by atoms with E-state index in [0.29, 0.717) is 16.4 Å². The van der Waals surface area contributed by atoms with Crippen LogP contribution in [0.5, 0.6) is 0 Å². The number of hydrogen-bond acceptors (Lipinski definition) is 4. The van der Waals surface area contributed by atoms with Crippen LogP contribution in [0.1, 0.15) is 22.6 Å². The van der Waals surface area contributed by atoms with Gasteiger partial charge in [0.1, 0.15) is 0 Å². The second-order valence-electron chi connectivity index (χ2n) is 4.36. The molecule has 110 valence electrons.